The Morgan fingerprint density at radius 1 is 0.714 bits per heavy atom. The summed E-state index contributed by atoms with van der Waals surface area (Å²) in [5.41, 5.74) is 2.30. The lowest BCUT2D eigenvalue weighted by Gasteiger charge is -1.98. The van der Waals surface area contributed by atoms with Crippen LogP contribution in [-0.4, -0.2) is 37.8 Å². The monoisotopic (exact) mass is 478 g/mol. The molecule has 0 saturated carbocycles. The molecule has 0 heterocycles. The van der Waals surface area contributed by atoms with Gasteiger partial charge in [0.25, 0.3) is 0 Å². The van der Waals surface area contributed by atoms with E-state index in [0.29, 0.717) is 17.5 Å². The van der Waals surface area contributed by atoms with Crippen molar-refractivity contribution in [3.8, 4) is 23.0 Å². The number of Topliss-reactive ketones (excluding diaryl/α,β-unsaturated/α-hetero) is 2. The van der Waals surface area contributed by atoms with Gasteiger partial charge in [-0.2, -0.15) is 0 Å². The predicted molar refractivity (Wildman–Crippen MR) is 135 cm³/mol. The zero-order valence-electron chi connectivity index (χ0n) is 19.9. The summed E-state index contributed by atoms with van der Waals surface area (Å²) in [6, 6.07) is 18.4. The average Bonchev–Trinajstić information content (AvgIpc) is 2.81. The lowest BCUT2D eigenvalue weighted by molar-refractivity contribution is -0.117. The molecule has 0 saturated heterocycles. The van der Waals surface area contributed by atoms with Crippen molar-refractivity contribution in [1.82, 2.24) is 0 Å². The minimum Gasteiger partial charge on any atom is -0.504 e. The Balaban J connectivity index is 0.000000264. The number of phenolic OH excluding ortho intramolecular Hbond substituents is 4. The van der Waals surface area contributed by atoms with Crippen LogP contribution in [0.2, 0.25) is 0 Å². The van der Waals surface area contributed by atoms with Gasteiger partial charge in [-0.1, -0.05) is 42.5 Å². The molecule has 0 spiro atoms. The second kappa shape index (κ2) is 14.7. The lowest BCUT2D eigenvalue weighted by atomic mass is 10.1. The van der Waals surface area contributed by atoms with Gasteiger partial charge in [-0.05, 0) is 74.7 Å². The van der Waals surface area contributed by atoms with Gasteiger partial charge in [-0.15, -0.1) is 0 Å². The van der Waals surface area contributed by atoms with Crippen molar-refractivity contribution in [2.75, 3.05) is 0 Å². The quantitative estimate of drug-likeness (QED) is 0.217. The molecule has 0 aliphatic rings. The smallest absolute Gasteiger partial charge is 0.159 e. The van der Waals surface area contributed by atoms with Gasteiger partial charge in [0.2, 0.25) is 0 Å². The Kier molecular flexibility index (Phi) is 12.0. The summed E-state index contributed by atoms with van der Waals surface area (Å²) in [7, 11) is 0. The fraction of sp³-hybridized carbons (Fsp3) is 0.179. The van der Waals surface area contributed by atoms with E-state index in [-0.39, 0.29) is 40.3 Å². The number of aromatic hydroxyl groups is 4. The van der Waals surface area contributed by atoms with Crippen LogP contribution in [0.5, 0.6) is 23.0 Å². The second-order valence-electron chi connectivity index (χ2n) is 7.64. The molecule has 3 rings (SSSR count). The van der Waals surface area contributed by atoms with Crippen molar-refractivity contribution < 1.29 is 34.8 Å². The molecule has 0 aromatic heterocycles. The number of ketones is 3. The van der Waals surface area contributed by atoms with Gasteiger partial charge in [-0.25, -0.2) is 0 Å². The summed E-state index contributed by atoms with van der Waals surface area (Å²) in [4.78, 5) is 31.9. The third kappa shape index (κ3) is 11.9. The van der Waals surface area contributed by atoms with Crippen LogP contribution in [-0.2, 0) is 16.0 Å². The van der Waals surface area contributed by atoms with Crippen molar-refractivity contribution in [3.05, 3.63) is 89.5 Å². The van der Waals surface area contributed by atoms with E-state index >= 15 is 0 Å². The van der Waals surface area contributed by atoms with Crippen molar-refractivity contribution in [3.63, 3.8) is 0 Å². The van der Waals surface area contributed by atoms with Gasteiger partial charge in [0.05, 0.1) is 0 Å². The lowest BCUT2D eigenvalue weighted by Crippen LogP contribution is -1.92. The third-order valence-corrected chi connectivity index (χ3v) is 4.50. The van der Waals surface area contributed by atoms with Gasteiger partial charge in [0.1, 0.15) is 5.78 Å². The third-order valence-electron chi connectivity index (χ3n) is 4.50. The molecule has 0 aliphatic carbocycles. The first kappa shape index (κ1) is 28.6. The minimum absolute atomic E-state index is 0.0624. The van der Waals surface area contributed by atoms with Gasteiger partial charge < -0.3 is 25.2 Å². The standard InChI is InChI=1S/C10H10O3.C10H12O.C8H8O3/c1-7(11)2-3-8-4-5-9(12)10(13)6-8;1-9(11)7-8-10-5-3-2-4-6-10;1-5(9)6-2-3-7(10)8(11)4-6/h2-6,12-13H,1H3;2-6H,7-8H2,1H3;2-4,10-11H,1H3/b3-2+;;. The Bertz CT molecular complexity index is 1170. The molecular weight excluding hydrogens is 448 g/mol. The Labute approximate surface area is 204 Å². The van der Waals surface area contributed by atoms with E-state index in [1.807, 2.05) is 30.3 Å². The largest absolute Gasteiger partial charge is 0.504 e. The van der Waals surface area contributed by atoms with Gasteiger partial charge in [0.15, 0.2) is 34.6 Å². The Morgan fingerprint density at radius 2 is 1.29 bits per heavy atom. The first-order chi connectivity index (χ1) is 16.5. The number of hydrogen-bond acceptors (Lipinski definition) is 7. The van der Waals surface area contributed by atoms with Crippen LogP contribution in [0.15, 0.2) is 72.8 Å². The molecule has 0 radical (unpaired) electrons. The molecule has 4 N–H and O–H groups in total. The summed E-state index contributed by atoms with van der Waals surface area (Å²) in [6.07, 6.45) is 4.49. The number of benzene rings is 3. The van der Waals surface area contributed by atoms with Crippen LogP contribution in [0.4, 0.5) is 0 Å². The number of allylic oxidation sites excluding steroid dienone is 1. The number of aryl methyl sites for hydroxylation is 1. The molecule has 3 aromatic carbocycles. The maximum absolute atomic E-state index is 10.7. The zero-order chi connectivity index (χ0) is 26.4. The maximum atomic E-state index is 10.7. The van der Waals surface area contributed by atoms with E-state index in [0.717, 1.165) is 6.42 Å². The minimum atomic E-state index is -0.266. The molecule has 0 aliphatic heterocycles. The van der Waals surface area contributed by atoms with E-state index in [2.05, 4.69) is 0 Å². The van der Waals surface area contributed by atoms with E-state index < -0.39 is 0 Å². The van der Waals surface area contributed by atoms with Gasteiger partial charge in [-0.3, -0.25) is 9.59 Å². The van der Waals surface area contributed by atoms with Crippen molar-refractivity contribution in [2.45, 2.75) is 33.6 Å². The molecule has 0 fully saturated rings. The number of carbonyl (C=O) groups excluding carboxylic acids is 3. The highest BCUT2D eigenvalue weighted by Crippen LogP contribution is 2.25. The molecular formula is C28H30O7. The highest BCUT2D eigenvalue weighted by atomic mass is 16.3. The van der Waals surface area contributed by atoms with E-state index in [1.54, 1.807) is 19.1 Å². The second-order valence-corrected chi connectivity index (χ2v) is 7.64. The zero-order valence-corrected chi connectivity index (χ0v) is 19.9. The number of carbonyl (C=O) groups is 3. The summed E-state index contributed by atoms with van der Waals surface area (Å²) in [5, 5.41) is 35.9. The van der Waals surface area contributed by atoms with Crippen molar-refractivity contribution in [1.29, 1.82) is 0 Å². The average molecular weight is 479 g/mol. The summed E-state index contributed by atoms with van der Waals surface area (Å²) < 4.78 is 0. The number of phenols is 4. The SMILES string of the molecule is CC(=O)/C=C/c1ccc(O)c(O)c1.CC(=O)CCc1ccccc1.CC(=O)c1ccc(O)c(O)c1. The van der Waals surface area contributed by atoms with Crippen molar-refractivity contribution >= 4 is 23.4 Å². The van der Waals surface area contributed by atoms with Crippen LogP contribution < -0.4 is 0 Å². The first-order valence-corrected chi connectivity index (χ1v) is 10.8. The predicted octanol–water partition coefficient (Wildman–Crippen LogP) is 5.21. The van der Waals surface area contributed by atoms with Crippen LogP contribution in [0, 0.1) is 0 Å². The normalized spacial score (nSPS) is 9.91. The van der Waals surface area contributed by atoms with Crippen LogP contribution >= 0.6 is 0 Å². The summed E-state index contributed by atoms with van der Waals surface area (Å²) in [5.74, 6) is -0.778. The molecule has 0 bridgehead atoms. The van der Waals surface area contributed by atoms with Crippen LogP contribution in [0.25, 0.3) is 6.08 Å². The van der Waals surface area contributed by atoms with Gasteiger partial charge >= 0.3 is 0 Å². The summed E-state index contributed by atoms with van der Waals surface area (Å²) in [6.45, 7) is 4.46. The fourth-order valence-corrected chi connectivity index (χ4v) is 2.57. The molecule has 3 aromatic rings. The van der Waals surface area contributed by atoms with Crippen molar-refractivity contribution in [2.24, 2.45) is 0 Å². The van der Waals surface area contributed by atoms with Crippen LogP contribution in [0.3, 0.4) is 0 Å². The highest BCUT2D eigenvalue weighted by molar-refractivity contribution is 5.94. The van der Waals surface area contributed by atoms with E-state index in [1.165, 1.54) is 55.8 Å². The summed E-state index contributed by atoms with van der Waals surface area (Å²) >= 11 is 0. The topological polar surface area (TPSA) is 132 Å². The maximum Gasteiger partial charge on any atom is 0.159 e. The Morgan fingerprint density at radius 3 is 1.77 bits per heavy atom. The molecule has 0 unspecified atom stereocenters. The van der Waals surface area contributed by atoms with E-state index in [9.17, 15) is 14.4 Å². The number of rotatable bonds is 6. The molecule has 184 valence electrons. The molecule has 7 nitrogen and oxygen atoms in total. The van der Waals surface area contributed by atoms with Gasteiger partial charge in [0, 0.05) is 12.0 Å². The molecule has 7 heteroatoms. The van der Waals surface area contributed by atoms with E-state index in [4.69, 9.17) is 20.4 Å². The first-order valence-electron chi connectivity index (χ1n) is 10.8. The Hall–Kier alpha value is -4.39. The fourth-order valence-electron chi connectivity index (χ4n) is 2.57. The molecule has 35 heavy (non-hydrogen) atoms. The molecule has 0 amide bonds. The number of hydrogen-bond donors (Lipinski definition) is 4. The van der Waals surface area contributed by atoms with Crippen LogP contribution in [0.1, 0.15) is 48.7 Å². The highest BCUT2D eigenvalue weighted by Gasteiger charge is 2.03. The molecule has 0 atom stereocenters.